The number of carbonyl (C=O) groups excluding carboxylic acids is 1. The van der Waals surface area contributed by atoms with E-state index < -0.39 is 10.8 Å². The Morgan fingerprint density at radius 3 is 2.70 bits per heavy atom. The molecule has 0 radical (unpaired) electrons. The number of anilines is 1. The molecule has 3 N–H and O–H groups in total. The van der Waals surface area contributed by atoms with Crippen LogP contribution in [0.25, 0.3) is 11.0 Å². The number of nitrogens with two attached hydrogens (primary N) is 1. The number of amides is 1. The molecule has 0 aliphatic carbocycles. The summed E-state index contributed by atoms with van der Waals surface area (Å²) >= 11 is 0. The van der Waals surface area contributed by atoms with Gasteiger partial charge in [-0.15, -0.1) is 0 Å². The molecule has 9 heteroatoms. The first-order chi connectivity index (χ1) is 13.0. The quantitative estimate of drug-likeness (QED) is 0.538. The first-order valence-corrected chi connectivity index (χ1v) is 8.67. The second-order valence-electron chi connectivity index (χ2n) is 6.59. The number of piperidine rings is 1. The van der Waals surface area contributed by atoms with Gasteiger partial charge in [-0.05, 0) is 25.0 Å². The molecule has 0 atom stereocenters. The minimum absolute atomic E-state index is 0.0754. The molecule has 1 fully saturated rings. The molecule has 0 saturated carbocycles. The molecule has 27 heavy (non-hydrogen) atoms. The molecular weight excluding hydrogens is 348 g/mol. The van der Waals surface area contributed by atoms with Gasteiger partial charge in [0.05, 0.1) is 21.5 Å². The van der Waals surface area contributed by atoms with Crippen molar-refractivity contribution in [2.75, 3.05) is 18.0 Å². The van der Waals surface area contributed by atoms with Crippen LogP contribution in [0.15, 0.2) is 36.5 Å². The Hall–Kier alpha value is -3.49. The van der Waals surface area contributed by atoms with E-state index in [1.807, 2.05) is 29.2 Å². The largest absolute Gasteiger partial charge is 0.365 e. The van der Waals surface area contributed by atoms with Crippen molar-refractivity contribution in [1.29, 1.82) is 0 Å². The summed E-state index contributed by atoms with van der Waals surface area (Å²) < 4.78 is 0. The number of carbonyl (C=O) groups is 1. The number of pyridine rings is 1. The average molecular weight is 366 g/mol. The van der Waals surface area contributed by atoms with Crippen LogP contribution in [0.5, 0.6) is 0 Å². The van der Waals surface area contributed by atoms with E-state index in [2.05, 4.69) is 15.0 Å². The van der Waals surface area contributed by atoms with Gasteiger partial charge in [-0.25, -0.2) is 9.97 Å². The maximum absolute atomic E-state index is 11.7. The highest BCUT2D eigenvalue weighted by molar-refractivity contribution is 5.98. The number of para-hydroxylation sites is 2. The zero-order valence-electron chi connectivity index (χ0n) is 14.5. The molecule has 1 saturated heterocycles. The fourth-order valence-corrected chi connectivity index (χ4v) is 3.51. The Labute approximate surface area is 154 Å². The van der Waals surface area contributed by atoms with Gasteiger partial charge < -0.3 is 15.6 Å². The highest BCUT2D eigenvalue weighted by Crippen LogP contribution is 2.31. The van der Waals surface area contributed by atoms with Gasteiger partial charge in [0, 0.05) is 25.1 Å². The first kappa shape index (κ1) is 17.0. The van der Waals surface area contributed by atoms with Crippen LogP contribution in [-0.4, -0.2) is 38.9 Å². The summed E-state index contributed by atoms with van der Waals surface area (Å²) in [6.07, 6.45) is 2.82. The van der Waals surface area contributed by atoms with E-state index in [0.717, 1.165) is 35.9 Å². The third-order valence-corrected chi connectivity index (χ3v) is 4.92. The summed E-state index contributed by atoms with van der Waals surface area (Å²) in [6.45, 7) is 1.32. The number of imidazole rings is 1. The summed E-state index contributed by atoms with van der Waals surface area (Å²) in [7, 11) is 0. The second-order valence-corrected chi connectivity index (χ2v) is 6.59. The van der Waals surface area contributed by atoms with Crippen molar-refractivity contribution in [1.82, 2.24) is 15.0 Å². The Bertz CT molecular complexity index is 990. The third kappa shape index (κ3) is 3.19. The molecule has 1 amide bonds. The molecule has 0 bridgehead atoms. The molecule has 138 valence electrons. The zero-order valence-corrected chi connectivity index (χ0v) is 14.5. The van der Waals surface area contributed by atoms with Gasteiger partial charge in [0.15, 0.2) is 0 Å². The van der Waals surface area contributed by atoms with Gasteiger partial charge in [0.1, 0.15) is 17.8 Å². The van der Waals surface area contributed by atoms with Gasteiger partial charge in [-0.3, -0.25) is 14.9 Å². The van der Waals surface area contributed by atoms with Crippen molar-refractivity contribution in [2.45, 2.75) is 18.8 Å². The highest BCUT2D eigenvalue weighted by atomic mass is 16.6. The molecule has 1 aliphatic rings. The molecule has 1 aromatic carbocycles. The number of hydrogen-bond donors (Lipinski definition) is 2. The molecule has 2 aromatic heterocycles. The van der Waals surface area contributed by atoms with Gasteiger partial charge >= 0.3 is 0 Å². The van der Waals surface area contributed by atoms with Gasteiger partial charge in [0.25, 0.3) is 11.6 Å². The lowest BCUT2D eigenvalue weighted by Crippen LogP contribution is -2.35. The zero-order chi connectivity index (χ0) is 19.0. The molecule has 1 aliphatic heterocycles. The van der Waals surface area contributed by atoms with Crippen LogP contribution in [0, 0.1) is 10.1 Å². The number of aromatic amines is 1. The van der Waals surface area contributed by atoms with E-state index in [1.54, 1.807) is 0 Å². The van der Waals surface area contributed by atoms with Crippen LogP contribution < -0.4 is 10.6 Å². The number of H-pyrrole nitrogens is 1. The van der Waals surface area contributed by atoms with Crippen LogP contribution in [0.1, 0.15) is 34.9 Å². The molecule has 9 nitrogen and oxygen atoms in total. The molecule has 0 unspecified atom stereocenters. The van der Waals surface area contributed by atoms with Crippen LogP contribution in [0.3, 0.4) is 0 Å². The fourth-order valence-electron chi connectivity index (χ4n) is 3.51. The molecule has 4 rings (SSSR count). The molecular formula is C18H18N6O3. The number of fused-ring (bicyclic) bond motifs is 1. The van der Waals surface area contributed by atoms with E-state index in [1.165, 1.54) is 6.07 Å². The average Bonchev–Trinajstić information content (AvgIpc) is 3.12. The Balaban J connectivity index is 1.53. The Morgan fingerprint density at radius 1 is 1.30 bits per heavy atom. The van der Waals surface area contributed by atoms with Crippen LogP contribution in [-0.2, 0) is 0 Å². The smallest absolute Gasteiger partial charge is 0.288 e. The van der Waals surface area contributed by atoms with E-state index in [-0.39, 0.29) is 17.2 Å². The summed E-state index contributed by atoms with van der Waals surface area (Å²) in [5.74, 6) is 0.920. The first-order valence-electron chi connectivity index (χ1n) is 8.67. The van der Waals surface area contributed by atoms with Gasteiger partial charge in [-0.2, -0.15) is 0 Å². The van der Waals surface area contributed by atoms with Crippen molar-refractivity contribution in [3.63, 3.8) is 0 Å². The van der Waals surface area contributed by atoms with Gasteiger partial charge in [-0.1, -0.05) is 12.1 Å². The van der Waals surface area contributed by atoms with Crippen LogP contribution in [0.4, 0.5) is 11.5 Å². The summed E-state index contributed by atoms with van der Waals surface area (Å²) in [6, 6.07) is 9.10. The maximum atomic E-state index is 11.7. The fraction of sp³-hybridized carbons (Fsp3) is 0.278. The minimum Gasteiger partial charge on any atom is -0.365 e. The highest BCUT2D eigenvalue weighted by Gasteiger charge is 2.27. The topological polar surface area (TPSA) is 131 Å². The lowest BCUT2D eigenvalue weighted by Gasteiger charge is -2.32. The van der Waals surface area contributed by atoms with Crippen molar-refractivity contribution in [2.24, 2.45) is 5.73 Å². The summed E-state index contributed by atoms with van der Waals surface area (Å²) in [5.41, 5.74) is 7.20. The number of aromatic nitrogens is 3. The standard InChI is InChI=1S/C18H18N6O3/c19-16(25)13-9-12(24(26)27)10-20-18(13)23-7-5-11(6-8-23)17-21-14-3-1-2-4-15(14)22-17/h1-4,9-11H,5-8H2,(H2,19,25)(H,21,22). The van der Waals surface area contributed by atoms with E-state index in [9.17, 15) is 14.9 Å². The SMILES string of the molecule is NC(=O)c1cc([N+](=O)[O-])cnc1N1CCC(c2nc3ccccc3[nH]2)CC1. The van der Waals surface area contributed by atoms with E-state index in [4.69, 9.17) is 5.73 Å². The van der Waals surface area contributed by atoms with Gasteiger partial charge in [0.2, 0.25) is 0 Å². The number of nitrogens with one attached hydrogen (secondary N) is 1. The van der Waals surface area contributed by atoms with Crippen molar-refractivity contribution in [3.05, 3.63) is 58.0 Å². The van der Waals surface area contributed by atoms with E-state index in [0.29, 0.717) is 18.9 Å². The number of benzene rings is 1. The van der Waals surface area contributed by atoms with Crippen LogP contribution in [0.2, 0.25) is 0 Å². The Kier molecular flexibility index (Phi) is 4.19. The predicted octanol–water partition coefficient (Wildman–Crippen LogP) is 2.35. The Morgan fingerprint density at radius 2 is 2.04 bits per heavy atom. The summed E-state index contributed by atoms with van der Waals surface area (Å²) in [5, 5.41) is 10.9. The second kappa shape index (κ2) is 6.67. The van der Waals surface area contributed by atoms with Crippen molar-refractivity contribution in [3.8, 4) is 0 Å². The van der Waals surface area contributed by atoms with Crippen molar-refractivity contribution < 1.29 is 9.72 Å². The molecule has 3 aromatic rings. The molecule has 3 heterocycles. The number of nitrogens with zero attached hydrogens (tertiary/aromatic N) is 4. The number of nitro groups is 1. The minimum atomic E-state index is -0.722. The third-order valence-electron chi connectivity index (χ3n) is 4.92. The summed E-state index contributed by atoms with van der Waals surface area (Å²) in [4.78, 5) is 36.2. The van der Waals surface area contributed by atoms with Crippen LogP contribution >= 0.6 is 0 Å². The van der Waals surface area contributed by atoms with Crippen molar-refractivity contribution >= 4 is 28.4 Å². The number of primary amides is 1. The normalized spacial score (nSPS) is 15.2. The predicted molar refractivity (Wildman–Crippen MR) is 99.7 cm³/mol. The maximum Gasteiger partial charge on any atom is 0.288 e. The number of rotatable bonds is 4. The lowest BCUT2D eigenvalue weighted by molar-refractivity contribution is -0.385. The monoisotopic (exact) mass is 366 g/mol. The number of hydrogen-bond acceptors (Lipinski definition) is 6. The van der Waals surface area contributed by atoms with E-state index >= 15 is 0 Å². The lowest BCUT2D eigenvalue weighted by atomic mass is 9.96. The molecule has 0 spiro atoms.